The fraction of sp³-hybridized carbons (Fsp3) is 0.0606. The molecule has 2 aliphatic heterocycles. The summed E-state index contributed by atoms with van der Waals surface area (Å²) in [6.07, 6.45) is 0. The van der Waals surface area contributed by atoms with Crippen molar-refractivity contribution in [2.45, 2.75) is 26.2 Å². The zero-order chi connectivity index (χ0) is 47.1. The third-order valence-corrected chi connectivity index (χ3v) is 16.5. The van der Waals surface area contributed by atoms with Gasteiger partial charge in [-0.3, -0.25) is 0 Å². The van der Waals surface area contributed by atoms with Gasteiger partial charge in [0.25, 0.3) is 0 Å². The molecule has 11 aromatic carbocycles. The third kappa shape index (κ3) is 6.03. The highest BCUT2D eigenvalue weighted by molar-refractivity contribution is 7.26. The highest BCUT2D eigenvalue weighted by Crippen LogP contribution is 2.55. The van der Waals surface area contributed by atoms with Crippen molar-refractivity contribution in [3.05, 3.63) is 224 Å². The number of benzene rings is 11. The Labute approximate surface area is 416 Å². The highest BCUT2D eigenvalue weighted by atomic mass is 32.1. The summed E-state index contributed by atoms with van der Waals surface area (Å²) in [5, 5.41) is 9.59. The maximum Gasteiger partial charge on any atom is 0.337 e. The molecule has 0 fully saturated rings. The molecule has 0 saturated heterocycles. The van der Waals surface area contributed by atoms with Crippen molar-refractivity contribution in [2.24, 2.45) is 0 Å². The van der Waals surface area contributed by atoms with Crippen molar-refractivity contribution in [1.82, 2.24) is 0 Å². The lowest BCUT2D eigenvalue weighted by Gasteiger charge is -2.46. The molecule has 0 unspecified atom stereocenters. The molecule has 4 heterocycles. The van der Waals surface area contributed by atoms with Crippen LogP contribution in [0, 0.1) is 0 Å². The molecule has 0 saturated carbocycles. The first-order valence-electron chi connectivity index (χ1n) is 24.7. The van der Waals surface area contributed by atoms with Gasteiger partial charge >= 0.3 is 6.85 Å². The summed E-state index contributed by atoms with van der Waals surface area (Å²) in [6, 6.07) is 81.3. The van der Waals surface area contributed by atoms with E-state index in [1.807, 2.05) is 11.3 Å². The second-order valence-corrected chi connectivity index (χ2v) is 21.5. The Bertz CT molecular complexity index is 4340. The summed E-state index contributed by atoms with van der Waals surface area (Å²) in [5.41, 5.74) is 18.5. The van der Waals surface area contributed by atoms with Crippen LogP contribution in [0.1, 0.15) is 26.3 Å². The predicted molar refractivity (Wildman–Crippen MR) is 305 cm³/mol. The van der Waals surface area contributed by atoms with Crippen LogP contribution in [0.2, 0.25) is 0 Å². The van der Waals surface area contributed by atoms with E-state index in [1.54, 1.807) is 0 Å². The SMILES string of the molecule is CC(C)(C)c1ccc(N2c3ccc4c(oc5cc6ccccc6cc54)c3B3c4c(cc5c(sc6ccccc65)c42)-c2cc4ccccc4cc2N3c2ccc(-c3ccccc3)cc2)c(-c2ccccc2)c1. The Balaban J connectivity index is 1.13. The maximum atomic E-state index is 7.44. The molecule has 5 heteroatoms. The van der Waals surface area contributed by atoms with Crippen LogP contribution in [0.15, 0.2) is 223 Å². The quantitative estimate of drug-likeness (QED) is 0.164. The molecule has 13 aromatic rings. The molecular formula is C66H45BN2OS. The summed E-state index contributed by atoms with van der Waals surface area (Å²) < 4.78 is 9.99. The zero-order valence-electron chi connectivity index (χ0n) is 39.6. The second kappa shape index (κ2) is 15.1. The maximum absolute atomic E-state index is 7.44. The first kappa shape index (κ1) is 40.5. The van der Waals surface area contributed by atoms with Gasteiger partial charge in [0.2, 0.25) is 0 Å². The van der Waals surface area contributed by atoms with Gasteiger partial charge in [0.1, 0.15) is 11.2 Å². The summed E-state index contributed by atoms with van der Waals surface area (Å²) in [5.74, 6) is 0. The van der Waals surface area contributed by atoms with Gasteiger partial charge < -0.3 is 14.1 Å². The van der Waals surface area contributed by atoms with Crippen LogP contribution in [0.5, 0.6) is 0 Å². The van der Waals surface area contributed by atoms with Crippen molar-refractivity contribution in [3.63, 3.8) is 0 Å². The molecular weight excluding hydrogens is 880 g/mol. The number of nitrogens with zero attached hydrogens (tertiary/aromatic N) is 2. The van der Waals surface area contributed by atoms with Crippen molar-refractivity contribution < 1.29 is 4.42 Å². The number of furan rings is 1. The smallest absolute Gasteiger partial charge is 0.337 e. The molecule has 0 N–H and O–H groups in total. The Morgan fingerprint density at radius 3 is 1.82 bits per heavy atom. The summed E-state index contributed by atoms with van der Waals surface area (Å²) >= 11 is 1.91. The number of hydrogen-bond donors (Lipinski definition) is 0. The fourth-order valence-electron chi connectivity index (χ4n) is 11.9. The van der Waals surface area contributed by atoms with Gasteiger partial charge in [-0.25, -0.2) is 0 Å². The van der Waals surface area contributed by atoms with Crippen LogP contribution in [0.3, 0.4) is 0 Å². The van der Waals surface area contributed by atoms with Gasteiger partial charge in [-0.2, -0.15) is 0 Å². The van der Waals surface area contributed by atoms with E-state index in [-0.39, 0.29) is 12.3 Å². The van der Waals surface area contributed by atoms with Crippen molar-refractivity contribution in [2.75, 3.05) is 9.71 Å². The molecule has 0 radical (unpaired) electrons. The van der Waals surface area contributed by atoms with E-state index in [0.717, 1.165) is 44.5 Å². The van der Waals surface area contributed by atoms with Crippen molar-refractivity contribution >= 4 is 121 Å². The van der Waals surface area contributed by atoms with Crippen LogP contribution < -0.4 is 20.6 Å². The van der Waals surface area contributed by atoms with Crippen molar-refractivity contribution in [3.8, 4) is 33.4 Å². The molecule has 2 aromatic heterocycles. The summed E-state index contributed by atoms with van der Waals surface area (Å²) in [6.45, 7) is 6.67. The standard InChI is InChI=1S/C66H45BN2OS/c1-66(2,3)47-28-32-56(51(38-47)42-18-8-5-9-19-42)68-57-33-31-50-53-35-44-21-11-13-23-46(44)37-59(53)70-64(50)62(57)67-61-54(39-55-49-24-14-15-25-60(49)71-65(55)63(61)68)52-34-43-20-10-12-22-45(43)36-58(52)69(67)48-29-26-41(27-30-48)40-16-6-4-7-17-40/h4-39H,1-3H3. The topological polar surface area (TPSA) is 19.6 Å². The largest absolute Gasteiger partial charge is 0.456 e. The zero-order valence-corrected chi connectivity index (χ0v) is 40.4. The van der Waals surface area contributed by atoms with Crippen LogP contribution >= 0.6 is 11.3 Å². The Morgan fingerprint density at radius 2 is 1.07 bits per heavy atom. The number of anilines is 5. The van der Waals surface area contributed by atoms with Crippen LogP contribution in [0.4, 0.5) is 28.4 Å². The molecule has 0 aliphatic carbocycles. The van der Waals surface area contributed by atoms with Gasteiger partial charge in [-0.1, -0.05) is 166 Å². The Hall–Kier alpha value is -8.38. The van der Waals surface area contributed by atoms with Crippen LogP contribution in [-0.4, -0.2) is 6.85 Å². The van der Waals surface area contributed by atoms with Gasteiger partial charge in [0.15, 0.2) is 0 Å². The third-order valence-electron chi connectivity index (χ3n) is 15.3. The van der Waals surface area contributed by atoms with E-state index in [9.17, 15) is 0 Å². The number of thiophene rings is 1. The van der Waals surface area contributed by atoms with E-state index in [1.165, 1.54) is 97.5 Å². The van der Waals surface area contributed by atoms with Gasteiger partial charge in [-0.05, 0) is 133 Å². The minimum Gasteiger partial charge on any atom is -0.456 e. The van der Waals surface area contributed by atoms with E-state index in [2.05, 4.69) is 249 Å². The summed E-state index contributed by atoms with van der Waals surface area (Å²) in [7, 11) is 0. The van der Waals surface area contributed by atoms with Gasteiger partial charge in [-0.15, -0.1) is 11.3 Å². The van der Waals surface area contributed by atoms with Gasteiger partial charge in [0.05, 0.1) is 16.1 Å². The molecule has 71 heavy (non-hydrogen) atoms. The second-order valence-electron chi connectivity index (χ2n) is 20.4. The molecule has 334 valence electrons. The minimum absolute atomic E-state index is 0.0648. The lowest BCUT2D eigenvalue weighted by Crippen LogP contribution is -2.61. The minimum atomic E-state index is -0.273. The van der Waals surface area contributed by atoms with Gasteiger partial charge in [0, 0.05) is 59.9 Å². The normalized spacial score (nSPS) is 13.2. The van der Waals surface area contributed by atoms with Crippen LogP contribution in [-0.2, 0) is 5.41 Å². The fourth-order valence-corrected chi connectivity index (χ4v) is 13.1. The molecule has 0 bridgehead atoms. The Morgan fingerprint density at radius 1 is 0.437 bits per heavy atom. The number of rotatable bonds is 4. The lowest BCUT2D eigenvalue weighted by atomic mass is 9.43. The number of hydrogen-bond acceptors (Lipinski definition) is 4. The first-order chi connectivity index (χ1) is 34.8. The molecule has 0 spiro atoms. The average Bonchev–Trinajstić information content (AvgIpc) is 3.98. The molecule has 3 nitrogen and oxygen atoms in total. The monoisotopic (exact) mass is 924 g/mol. The van der Waals surface area contributed by atoms with Crippen molar-refractivity contribution in [1.29, 1.82) is 0 Å². The van der Waals surface area contributed by atoms with E-state index < -0.39 is 0 Å². The predicted octanol–water partition coefficient (Wildman–Crippen LogP) is 17.6. The molecule has 0 atom stereocenters. The molecule has 15 rings (SSSR count). The molecule has 2 aliphatic rings. The first-order valence-corrected chi connectivity index (χ1v) is 25.5. The Kier molecular flexibility index (Phi) is 8.59. The highest BCUT2D eigenvalue weighted by Gasteiger charge is 2.48. The lowest BCUT2D eigenvalue weighted by molar-refractivity contribution is 0.590. The summed E-state index contributed by atoms with van der Waals surface area (Å²) in [4.78, 5) is 5.27. The average molecular weight is 925 g/mol. The molecule has 0 amide bonds. The number of fused-ring (bicyclic) bond motifs is 14. The van der Waals surface area contributed by atoms with E-state index in [4.69, 9.17) is 4.42 Å². The van der Waals surface area contributed by atoms with E-state index in [0.29, 0.717) is 0 Å². The van der Waals surface area contributed by atoms with Crippen LogP contribution in [0.25, 0.3) is 97.0 Å². The van der Waals surface area contributed by atoms with E-state index >= 15 is 0 Å².